The first-order valence-corrected chi connectivity index (χ1v) is 12.2. The number of carboxylic acids is 1. The van der Waals surface area contributed by atoms with Crippen molar-refractivity contribution in [3.05, 3.63) is 106 Å². The number of carboxylic acid groups (broad SMARTS) is 1. The van der Waals surface area contributed by atoms with Gasteiger partial charge in [-0.1, -0.05) is 72.8 Å². The van der Waals surface area contributed by atoms with Crippen molar-refractivity contribution in [3.63, 3.8) is 0 Å². The molecule has 1 heterocycles. The third-order valence-corrected chi connectivity index (χ3v) is 6.64. The summed E-state index contributed by atoms with van der Waals surface area (Å²) in [5.74, 6) is -1.47. The number of rotatable bonds is 10. The van der Waals surface area contributed by atoms with Crippen molar-refractivity contribution >= 4 is 28.3 Å². The number of nitrogens with zero attached hydrogens (tertiary/aromatic N) is 2. The van der Waals surface area contributed by atoms with E-state index in [0.29, 0.717) is 12.1 Å². The highest BCUT2D eigenvalue weighted by Gasteiger charge is 2.17. The lowest BCUT2D eigenvalue weighted by molar-refractivity contribution is -0.135. The van der Waals surface area contributed by atoms with Gasteiger partial charge in [-0.2, -0.15) is 0 Å². The van der Waals surface area contributed by atoms with Crippen LogP contribution in [0.25, 0.3) is 11.3 Å². The largest absolute Gasteiger partial charge is 0.480 e. The molecule has 6 nitrogen and oxygen atoms in total. The first-order valence-electron chi connectivity index (χ1n) is 11.4. The summed E-state index contributed by atoms with van der Waals surface area (Å²) in [4.78, 5) is 31.3. The van der Waals surface area contributed by atoms with E-state index in [2.05, 4.69) is 53.5 Å². The van der Waals surface area contributed by atoms with E-state index in [4.69, 9.17) is 10.1 Å². The van der Waals surface area contributed by atoms with Gasteiger partial charge >= 0.3 is 5.97 Å². The van der Waals surface area contributed by atoms with Crippen molar-refractivity contribution in [2.24, 2.45) is 0 Å². The Kier molecular flexibility index (Phi) is 7.90. The molecule has 0 spiro atoms. The number of carbonyl (C=O) groups excluding carboxylic acids is 1. The van der Waals surface area contributed by atoms with Crippen LogP contribution in [0.3, 0.4) is 0 Å². The van der Waals surface area contributed by atoms with Crippen LogP contribution in [0.5, 0.6) is 0 Å². The summed E-state index contributed by atoms with van der Waals surface area (Å²) in [6.07, 6.45) is 0.885. The fourth-order valence-corrected chi connectivity index (χ4v) is 4.73. The smallest absolute Gasteiger partial charge is 0.322 e. The Morgan fingerprint density at radius 3 is 2.23 bits per heavy atom. The van der Waals surface area contributed by atoms with Crippen LogP contribution in [0.15, 0.2) is 84.9 Å². The molecule has 0 atom stereocenters. The molecule has 0 aliphatic heterocycles. The number of carbonyl (C=O) groups is 2. The minimum absolute atomic E-state index is 0.400. The number of hydrogen-bond acceptors (Lipinski definition) is 5. The fraction of sp³-hybridized carbons (Fsp3) is 0.179. The molecule has 0 saturated heterocycles. The summed E-state index contributed by atoms with van der Waals surface area (Å²) in [5, 5.41) is 12.1. The van der Waals surface area contributed by atoms with Gasteiger partial charge in [0.05, 0.1) is 5.69 Å². The second-order valence-electron chi connectivity index (χ2n) is 8.20. The quantitative estimate of drug-likeness (QED) is 0.323. The molecule has 178 valence electrons. The molecule has 1 aromatic heterocycles. The Morgan fingerprint density at radius 2 is 1.57 bits per heavy atom. The third-order valence-electron chi connectivity index (χ3n) is 5.61. The molecule has 3 aromatic carbocycles. The zero-order chi connectivity index (χ0) is 24.6. The van der Waals surface area contributed by atoms with E-state index in [1.165, 1.54) is 10.4 Å². The number of hydrogen-bond donors (Lipinski definition) is 2. The van der Waals surface area contributed by atoms with Crippen LogP contribution in [0.1, 0.15) is 26.4 Å². The van der Waals surface area contributed by atoms with Crippen molar-refractivity contribution in [1.29, 1.82) is 0 Å². The molecule has 0 bridgehead atoms. The maximum Gasteiger partial charge on any atom is 0.322 e. The molecule has 4 aromatic rings. The number of amides is 1. The van der Waals surface area contributed by atoms with Crippen molar-refractivity contribution < 1.29 is 14.7 Å². The highest BCUT2D eigenvalue weighted by atomic mass is 32.1. The molecule has 4 rings (SSSR count). The Labute approximate surface area is 208 Å². The number of aromatic nitrogens is 1. The summed E-state index contributed by atoms with van der Waals surface area (Å²) < 4.78 is 0. The van der Waals surface area contributed by atoms with Gasteiger partial charge in [0, 0.05) is 29.1 Å². The second-order valence-corrected chi connectivity index (χ2v) is 9.38. The van der Waals surface area contributed by atoms with E-state index in [1.807, 2.05) is 36.4 Å². The zero-order valence-electron chi connectivity index (χ0n) is 19.5. The van der Waals surface area contributed by atoms with E-state index in [-0.39, 0.29) is 0 Å². The van der Waals surface area contributed by atoms with Gasteiger partial charge in [-0.05, 0) is 36.6 Å². The number of benzene rings is 3. The standard InChI is InChI=1S/C28H27N3O3S/c1-20-26(23-10-6-3-7-11-23)30-28(35-20)31(17-16-21-8-4-2-5-9-21)19-22-12-14-24(15-13-22)27(34)29-18-25(32)33/h2-15H,16-19H2,1H3,(H,29,34)(H,32,33). The predicted octanol–water partition coefficient (Wildman–Crippen LogP) is 5.18. The lowest BCUT2D eigenvalue weighted by Crippen LogP contribution is -2.29. The molecule has 1 amide bonds. The summed E-state index contributed by atoms with van der Waals surface area (Å²) in [6.45, 7) is 3.14. The lowest BCUT2D eigenvalue weighted by Gasteiger charge is -2.22. The molecule has 0 saturated carbocycles. The second kappa shape index (κ2) is 11.4. The Hall–Kier alpha value is -3.97. The molecule has 0 aliphatic rings. The highest BCUT2D eigenvalue weighted by molar-refractivity contribution is 7.16. The summed E-state index contributed by atoms with van der Waals surface area (Å²) >= 11 is 1.68. The van der Waals surface area contributed by atoms with Crippen molar-refractivity contribution in [3.8, 4) is 11.3 Å². The molecule has 0 fully saturated rings. The van der Waals surface area contributed by atoms with Crippen molar-refractivity contribution in [2.75, 3.05) is 18.0 Å². The van der Waals surface area contributed by atoms with Gasteiger partial charge in [-0.3, -0.25) is 9.59 Å². The van der Waals surface area contributed by atoms with E-state index < -0.39 is 18.4 Å². The first-order chi connectivity index (χ1) is 17.0. The molecule has 0 radical (unpaired) electrons. The fourth-order valence-electron chi connectivity index (χ4n) is 3.77. The molecule has 7 heteroatoms. The predicted molar refractivity (Wildman–Crippen MR) is 140 cm³/mol. The SMILES string of the molecule is Cc1sc(N(CCc2ccccc2)Cc2ccc(C(=O)NCC(=O)O)cc2)nc1-c1ccccc1. The van der Waals surface area contributed by atoms with Crippen LogP contribution in [-0.2, 0) is 17.8 Å². The van der Waals surface area contributed by atoms with Crippen LogP contribution in [0.4, 0.5) is 5.13 Å². The number of aryl methyl sites for hydroxylation is 1. The van der Waals surface area contributed by atoms with Gasteiger partial charge in [0.2, 0.25) is 0 Å². The number of aliphatic carboxylic acids is 1. The third kappa shape index (κ3) is 6.55. The van der Waals surface area contributed by atoms with E-state index in [1.54, 1.807) is 23.5 Å². The number of thiazole rings is 1. The van der Waals surface area contributed by atoms with Gasteiger partial charge in [0.1, 0.15) is 6.54 Å². The Bertz CT molecular complexity index is 1270. The van der Waals surface area contributed by atoms with Gasteiger partial charge in [0.15, 0.2) is 5.13 Å². The summed E-state index contributed by atoms with van der Waals surface area (Å²) in [5.41, 5.74) is 4.84. The summed E-state index contributed by atoms with van der Waals surface area (Å²) in [6, 6.07) is 27.9. The number of nitrogens with one attached hydrogen (secondary N) is 1. The summed E-state index contributed by atoms with van der Waals surface area (Å²) in [7, 11) is 0. The van der Waals surface area contributed by atoms with E-state index >= 15 is 0 Å². The molecule has 2 N–H and O–H groups in total. The van der Waals surface area contributed by atoms with Crippen LogP contribution in [0, 0.1) is 6.92 Å². The Morgan fingerprint density at radius 1 is 0.914 bits per heavy atom. The van der Waals surface area contributed by atoms with Crippen LogP contribution in [-0.4, -0.2) is 35.1 Å². The maximum absolute atomic E-state index is 12.1. The molecular weight excluding hydrogens is 458 g/mol. The topological polar surface area (TPSA) is 82.5 Å². The molecule has 35 heavy (non-hydrogen) atoms. The minimum atomic E-state index is -1.07. The van der Waals surface area contributed by atoms with Crippen LogP contribution in [0.2, 0.25) is 0 Å². The average molecular weight is 486 g/mol. The van der Waals surface area contributed by atoms with Crippen molar-refractivity contribution in [2.45, 2.75) is 19.9 Å². The monoisotopic (exact) mass is 485 g/mol. The molecule has 0 unspecified atom stereocenters. The first kappa shape index (κ1) is 24.2. The van der Waals surface area contributed by atoms with E-state index in [9.17, 15) is 9.59 Å². The molecular formula is C28H27N3O3S. The number of anilines is 1. The van der Waals surface area contributed by atoms with Crippen molar-refractivity contribution in [1.82, 2.24) is 10.3 Å². The molecule has 0 aliphatic carbocycles. The highest BCUT2D eigenvalue weighted by Crippen LogP contribution is 2.33. The normalized spacial score (nSPS) is 10.7. The maximum atomic E-state index is 12.1. The Balaban J connectivity index is 1.54. The van der Waals surface area contributed by atoms with Gasteiger partial charge < -0.3 is 15.3 Å². The van der Waals surface area contributed by atoms with Gasteiger partial charge in [-0.25, -0.2) is 4.98 Å². The average Bonchev–Trinajstić information content (AvgIpc) is 3.28. The van der Waals surface area contributed by atoms with Crippen LogP contribution < -0.4 is 10.2 Å². The van der Waals surface area contributed by atoms with Gasteiger partial charge in [-0.15, -0.1) is 11.3 Å². The van der Waals surface area contributed by atoms with Crippen LogP contribution >= 0.6 is 11.3 Å². The van der Waals surface area contributed by atoms with E-state index in [0.717, 1.165) is 34.9 Å². The van der Waals surface area contributed by atoms with Gasteiger partial charge in [0.25, 0.3) is 5.91 Å². The minimum Gasteiger partial charge on any atom is -0.480 e. The zero-order valence-corrected chi connectivity index (χ0v) is 20.3. The lowest BCUT2D eigenvalue weighted by atomic mass is 10.1.